The summed E-state index contributed by atoms with van der Waals surface area (Å²) in [6.45, 7) is 1.55. The Bertz CT molecular complexity index is 1750. The van der Waals surface area contributed by atoms with E-state index < -0.39 is 0 Å². The van der Waals surface area contributed by atoms with E-state index in [4.69, 9.17) is 0 Å². The number of hydrogen-bond acceptors (Lipinski definition) is 4. The Morgan fingerprint density at radius 3 is 1.58 bits per heavy atom. The van der Waals surface area contributed by atoms with E-state index in [1.54, 1.807) is 0 Å². The lowest BCUT2D eigenvalue weighted by Gasteiger charge is -2.45. The van der Waals surface area contributed by atoms with E-state index in [2.05, 4.69) is 39.8 Å². The average molecular weight is 699 g/mol. The predicted molar refractivity (Wildman–Crippen MR) is 205 cm³/mol. The van der Waals surface area contributed by atoms with Crippen molar-refractivity contribution in [2.24, 2.45) is 35.5 Å². The van der Waals surface area contributed by atoms with E-state index in [9.17, 15) is 19.2 Å². The third kappa shape index (κ3) is 7.91. The molecule has 2 N–H and O–H groups in total. The zero-order chi connectivity index (χ0) is 35.9. The number of nitrogens with zero attached hydrogens (tertiary/aromatic N) is 2. The van der Waals surface area contributed by atoms with Crippen LogP contribution in [-0.4, -0.2) is 47.7 Å². The Kier molecular flexibility index (Phi) is 11.3. The minimum atomic E-state index is -0.329. The maximum atomic E-state index is 13.3. The fourth-order valence-electron chi connectivity index (χ4n) is 9.02. The summed E-state index contributed by atoms with van der Waals surface area (Å²) < 4.78 is 0. The van der Waals surface area contributed by atoms with Crippen LogP contribution in [0.5, 0.6) is 0 Å². The van der Waals surface area contributed by atoms with Gasteiger partial charge in [0.2, 0.25) is 23.6 Å². The van der Waals surface area contributed by atoms with Gasteiger partial charge >= 0.3 is 0 Å². The average Bonchev–Trinajstić information content (AvgIpc) is 3.19. The normalized spacial score (nSPS) is 27.1. The molecule has 8 rings (SSSR count). The van der Waals surface area contributed by atoms with Crippen molar-refractivity contribution in [3.63, 3.8) is 0 Å². The molecule has 2 heterocycles. The molecule has 0 unspecified atom stereocenters. The van der Waals surface area contributed by atoms with Gasteiger partial charge in [0.1, 0.15) is 0 Å². The number of rotatable bonds is 6. The minimum absolute atomic E-state index is 0.0191. The van der Waals surface area contributed by atoms with E-state index in [1.807, 2.05) is 95.9 Å². The highest BCUT2D eigenvalue weighted by atomic mass is 16.2. The molecule has 5 aliphatic rings. The number of allylic oxidation sites excluding steroid dienone is 4. The number of hydrogen-bond donors (Lipinski definition) is 2. The predicted octanol–water partition coefficient (Wildman–Crippen LogP) is 7.87. The summed E-state index contributed by atoms with van der Waals surface area (Å²) in [6, 6.07) is 29.1. The van der Waals surface area contributed by atoms with Crippen molar-refractivity contribution < 1.29 is 19.2 Å². The number of likely N-dealkylation sites (tertiary alicyclic amines) is 1. The van der Waals surface area contributed by atoms with Gasteiger partial charge < -0.3 is 20.4 Å². The van der Waals surface area contributed by atoms with Crippen molar-refractivity contribution >= 4 is 40.7 Å². The number of amides is 4. The van der Waals surface area contributed by atoms with Gasteiger partial charge in [0.05, 0.1) is 23.7 Å². The molecule has 1 saturated carbocycles. The summed E-state index contributed by atoms with van der Waals surface area (Å²) in [5.41, 5.74) is 2.48. The first-order valence-corrected chi connectivity index (χ1v) is 19.2. The van der Waals surface area contributed by atoms with Crippen LogP contribution < -0.4 is 15.5 Å². The van der Waals surface area contributed by atoms with E-state index in [0.717, 1.165) is 49.3 Å². The Morgan fingerprint density at radius 2 is 1.04 bits per heavy atom. The highest BCUT2D eigenvalue weighted by Crippen LogP contribution is 2.41. The van der Waals surface area contributed by atoms with Crippen LogP contribution in [-0.2, 0) is 19.2 Å². The first-order chi connectivity index (χ1) is 25.5. The Morgan fingerprint density at radius 1 is 0.558 bits per heavy atom. The molecule has 3 fully saturated rings. The van der Waals surface area contributed by atoms with Crippen molar-refractivity contribution in [3.05, 3.63) is 115 Å². The second kappa shape index (κ2) is 16.6. The van der Waals surface area contributed by atoms with Gasteiger partial charge in [-0.3, -0.25) is 19.2 Å². The van der Waals surface area contributed by atoms with E-state index in [1.165, 1.54) is 19.3 Å². The number of piperidine rings is 2. The second-order valence-electron chi connectivity index (χ2n) is 14.9. The molecule has 3 aromatic carbocycles. The van der Waals surface area contributed by atoms with Gasteiger partial charge in [-0.2, -0.15) is 0 Å². The monoisotopic (exact) mass is 698 g/mol. The SMILES string of the molecule is O=C(Nc1ccccc1)[C@H]1CC=C[C@H]2CCN(C3CCCCC3)C(=O)[C@@H]12.O=C(Nc1ccccc1)[C@H]1CC=C[C@H]2CCN(c3ccccc3)C(=O)[C@@H]12. The van der Waals surface area contributed by atoms with Crippen molar-refractivity contribution in [2.45, 2.75) is 63.8 Å². The maximum Gasteiger partial charge on any atom is 0.231 e. The molecule has 3 aliphatic carbocycles. The van der Waals surface area contributed by atoms with Crippen LogP contribution >= 0.6 is 0 Å². The molecule has 8 heteroatoms. The van der Waals surface area contributed by atoms with Crippen LogP contribution in [0.1, 0.15) is 57.8 Å². The van der Waals surface area contributed by atoms with Gasteiger partial charge in [-0.25, -0.2) is 0 Å². The quantitative estimate of drug-likeness (QED) is 0.256. The van der Waals surface area contributed by atoms with Gasteiger partial charge in [-0.15, -0.1) is 0 Å². The first kappa shape index (κ1) is 35.4. The van der Waals surface area contributed by atoms with Crippen molar-refractivity contribution in [1.29, 1.82) is 0 Å². The number of nitrogens with one attached hydrogen (secondary N) is 2. The lowest BCUT2D eigenvalue weighted by Crippen LogP contribution is -2.54. The molecule has 4 amide bonds. The zero-order valence-corrected chi connectivity index (χ0v) is 29.8. The van der Waals surface area contributed by atoms with Gasteiger partial charge in [0.25, 0.3) is 0 Å². The van der Waals surface area contributed by atoms with Gasteiger partial charge in [0.15, 0.2) is 0 Å². The lowest BCUT2D eigenvalue weighted by atomic mass is 9.70. The van der Waals surface area contributed by atoms with Crippen LogP contribution in [0.25, 0.3) is 0 Å². The van der Waals surface area contributed by atoms with Crippen LogP contribution in [0, 0.1) is 35.5 Å². The molecule has 270 valence electrons. The summed E-state index contributed by atoms with van der Waals surface area (Å²) in [5, 5.41) is 5.99. The summed E-state index contributed by atoms with van der Waals surface area (Å²) in [5.74, 6) is -0.542. The molecular weight excluding hydrogens is 649 g/mol. The second-order valence-corrected chi connectivity index (χ2v) is 14.9. The minimum Gasteiger partial charge on any atom is -0.339 e. The van der Waals surface area contributed by atoms with Gasteiger partial charge in [-0.05, 0) is 86.8 Å². The topological polar surface area (TPSA) is 98.8 Å². The molecular formula is C44H50N4O4. The molecule has 52 heavy (non-hydrogen) atoms. The fourth-order valence-corrected chi connectivity index (χ4v) is 9.02. The molecule has 0 radical (unpaired) electrons. The van der Waals surface area contributed by atoms with Crippen LogP contribution in [0.2, 0.25) is 0 Å². The van der Waals surface area contributed by atoms with E-state index in [0.29, 0.717) is 25.4 Å². The lowest BCUT2D eigenvalue weighted by molar-refractivity contribution is -0.149. The number of anilines is 3. The Labute approximate surface area is 307 Å². The number of carbonyl (C=O) groups is 4. The van der Waals surface area contributed by atoms with Gasteiger partial charge in [0, 0.05) is 36.2 Å². The number of benzene rings is 3. The standard InChI is InChI=1S/C22H28N2O2.C22H22N2O2/c2*25-21(23-17-9-3-1-4-10-17)19-13-7-8-16-14-15-24(22(26)20(16)19)18-11-5-2-6-12-18/h1,3-4,7-10,16,18-20H,2,5-6,11-15H2,(H,23,25);1-12,16,19-20H,13-15H2,(H,23,25)/t2*16-,19-,20+/m00/s1. The highest BCUT2D eigenvalue weighted by Gasteiger charge is 2.47. The van der Waals surface area contributed by atoms with E-state index >= 15 is 0 Å². The van der Waals surface area contributed by atoms with Crippen molar-refractivity contribution in [3.8, 4) is 0 Å². The van der Waals surface area contributed by atoms with Crippen molar-refractivity contribution in [2.75, 3.05) is 28.6 Å². The molecule has 2 aliphatic heterocycles. The summed E-state index contributed by atoms with van der Waals surface area (Å²) >= 11 is 0. The van der Waals surface area contributed by atoms with Crippen LogP contribution in [0.15, 0.2) is 115 Å². The highest BCUT2D eigenvalue weighted by molar-refractivity contribution is 6.02. The largest absolute Gasteiger partial charge is 0.339 e. The molecule has 2 saturated heterocycles. The number of fused-ring (bicyclic) bond motifs is 2. The van der Waals surface area contributed by atoms with Crippen LogP contribution in [0.4, 0.5) is 17.1 Å². The summed E-state index contributed by atoms with van der Waals surface area (Å²) in [6.07, 6.45) is 17.6. The molecule has 0 spiro atoms. The maximum absolute atomic E-state index is 13.3. The van der Waals surface area contributed by atoms with Crippen molar-refractivity contribution in [1.82, 2.24) is 4.90 Å². The molecule has 6 atom stereocenters. The van der Waals surface area contributed by atoms with Gasteiger partial charge in [-0.1, -0.05) is 98.2 Å². The molecule has 3 aromatic rings. The molecule has 8 nitrogen and oxygen atoms in total. The fraction of sp³-hybridized carbons (Fsp3) is 0.409. The smallest absolute Gasteiger partial charge is 0.231 e. The summed E-state index contributed by atoms with van der Waals surface area (Å²) in [7, 11) is 0. The zero-order valence-electron chi connectivity index (χ0n) is 29.8. The third-order valence-corrected chi connectivity index (χ3v) is 11.7. The molecule has 0 bridgehead atoms. The Balaban J connectivity index is 0.000000162. The van der Waals surface area contributed by atoms with Crippen LogP contribution in [0.3, 0.4) is 0 Å². The molecule has 0 aromatic heterocycles. The number of para-hydroxylation sites is 3. The third-order valence-electron chi connectivity index (χ3n) is 11.7. The Hall–Kier alpha value is -4.98. The first-order valence-electron chi connectivity index (χ1n) is 19.2. The number of carbonyl (C=O) groups excluding carboxylic acids is 4. The summed E-state index contributed by atoms with van der Waals surface area (Å²) in [4.78, 5) is 56.4. The van der Waals surface area contributed by atoms with E-state index in [-0.39, 0.29) is 59.1 Å².